The molecular weight excluding hydrogens is 388 g/mol. The van der Waals surface area contributed by atoms with E-state index in [9.17, 15) is 4.79 Å². The Hall–Kier alpha value is -1.87. The van der Waals surface area contributed by atoms with Gasteiger partial charge in [-0.05, 0) is 48.1 Å². The molecule has 26 heavy (non-hydrogen) atoms. The summed E-state index contributed by atoms with van der Waals surface area (Å²) in [5, 5.41) is 0. The summed E-state index contributed by atoms with van der Waals surface area (Å²) in [6.07, 6.45) is 6.18. The molecule has 2 aromatic rings. The van der Waals surface area contributed by atoms with Gasteiger partial charge in [0.2, 0.25) is 0 Å². The molecule has 0 radical (unpaired) electrons. The summed E-state index contributed by atoms with van der Waals surface area (Å²) in [6.45, 7) is 0. The molecule has 1 aliphatic heterocycles. The van der Waals surface area contributed by atoms with E-state index in [2.05, 4.69) is 58.4 Å². The second-order valence-electron chi connectivity index (χ2n) is 7.78. The zero-order valence-corrected chi connectivity index (χ0v) is 16.2. The lowest BCUT2D eigenvalue weighted by molar-refractivity contribution is -0.153. The second-order valence-corrected chi connectivity index (χ2v) is 8.69. The number of rotatable bonds is 1. The smallest absolute Gasteiger partial charge is 0.318 e. The highest BCUT2D eigenvalue weighted by Gasteiger charge is 2.54. The van der Waals surface area contributed by atoms with Gasteiger partial charge in [-0.15, -0.1) is 0 Å². The Kier molecular flexibility index (Phi) is 3.82. The third-order valence-corrected chi connectivity index (χ3v) is 6.91. The molecule has 5 rings (SSSR count). The zero-order valence-electron chi connectivity index (χ0n) is 14.6. The van der Waals surface area contributed by atoms with Crippen LogP contribution in [0, 0.1) is 5.41 Å². The summed E-state index contributed by atoms with van der Waals surface area (Å²) in [4.78, 5) is 13.3. The van der Waals surface area contributed by atoms with E-state index in [1.165, 1.54) is 23.1 Å². The van der Waals surface area contributed by atoms with Crippen LogP contribution in [0.2, 0.25) is 0 Å². The molecule has 1 fully saturated rings. The molecule has 0 saturated heterocycles. The van der Waals surface area contributed by atoms with Crippen LogP contribution in [0.15, 0.2) is 58.6 Å². The van der Waals surface area contributed by atoms with Gasteiger partial charge in [0, 0.05) is 16.0 Å². The summed E-state index contributed by atoms with van der Waals surface area (Å²) >= 11 is 3.54. The first kappa shape index (κ1) is 16.3. The highest BCUT2D eigenvalue weighted by Crippen LogP contribution is 2.58. The van der Waals surface area contributed by atoms with E-state index >= 15 is 0 Å². The Bertz CT molecular complexity index is 904. The topological polar surface area (TPSA) is 26.3 Å². The maximum Gasteiger partial charge on any atom is 0.318 e. The minimum Gasteiger partial charge on any atom is -0.425 e. The number of hydrogen-bond donors (Lipinski definition) is 0. The molecule has 2 aliphatic carbocycles. The molecular formula is C23H21BrO2. The number of esters is 1. The van der Waals surface area contributed by atoms with Crippen LogP contribution >= 0.6 is 15.9 Å². The minimum atomic E-state index is -0.396. The third-order valence-electron chi connectivity index (χ3n) is 6.39. The molecule has 0 N–H and O–H groups in total. The summed E-state index contributed by atoms with van der Waals surface area (Å²) in [7, 11) is 0. The van der Waals surface area contributed by atoms with Crippen LogP contribution in [0.1, 0.15) is 54.7 Å². The number of fused-ring (bicyclic) bond motifs is 2. The quantitative estimate of drug-likeness (QED) is 0.540. The monoisotopic (exact) mass is 408 g/mol. The predicted octanol–water partition coefficient (Wildman–Crippen LogP) is 6.01. The van der Waals surface area contributed by atoms with Crippen LogP contribution in [0.25, 0.3) is 5.76 Å². The maximum absolute atomic E-state index is 13.3. The Morgan fingerprint density at radius 3 is 2.46 bits per heavy atom. The molecule has 0 bridgehead atoms. The van der Waals surface area contributed by atoms with Gasteiger partial charge >= 0.3 is 5.97 Å². The van der Waals surface area contributed by atoms with Crippen molar-refractivity contribution in [2.24, 2.45) is 5.41 Å². The van der Waals surface area contributed by atoms with Gasteiger partial charge in [0.25, 0.3) is 0 Å². The Morgan fingerprint density at radius 1 is 0.962 bits per heavy atom. The molecule has 1 unspecified atom stereocenters. The van der Waals surface area contributed by atoms with E-state index in [4.69, 9.17) is 4.74 Å². The minimum absolute atomic E-state index is 0.0134. The lowest BCUT2D eigenvalue weighted by atomic mass is 9.60. The highest BCUT2D eigenvalue weighted by molar-refractivity contribution is 9.10. The molecule has 1 saturated carbocycles. The molecule has 1 spiro atoms. The SMILES string of the molecule is O=C1OC2=C(Cc3ccccc32)C(c2ccc(Br)cc2)C12CCCCC2. The van der Waals surface area contributed by atoms with Crippen molar-refractivity contribution in [3.63, 3.8) is 0 Å². The van der Waals surface area contributed by atoms with Gasteiger partial charge in [0.05, 0.1) is 5.41 Å². The molecule has 1 atom stereocenters. The van der Waals surface area contributed by atoms with Crippen LogP contribution in [0.3, 0.4) is 0 Å². The van der Waals surface area contributed by atoms with Crippen LogP contribution in [0.5, 0.6) is 0 Å². The highest BCUT2D eigenvalue weighted by atomic mass is 79.9. The third kappa shape index (κ3) is 2.33. The first-order valence-electron chi connectivity index (χ1n) is 9.48. The molecule has 0 aromatic heterocycles. The van der Waals surface area contributed by atoms with Crippen LogP contribution in [0.4, 0.5) is 0 Å². The van der Waals surface area contributed by atoms with E-state index < -0.39 is 5.41 Å². The largest absolute Gasteiger partial charge is 0.425 e. The normalized spacial score (nSPS) is 23.6. The maximum atomic E-state index is 13.3. The summed E-state index contributed by atoms with van der Waals surface area (Å²) < 4.78 is 7.11. The fourth-order valence-electron chi connectivity index (χ4n) is 5.20. The van der Waals surface area contributed by atoms with Gasteiger partial charge < -0.3 is 4.74 Å². The lowest BCUT2D eigenvalue weighted by Crippen LogP contribution is -2.44. The average molecular weight is 409 g/mol. The fourth-order valence-corrected chi connectivity index (χ4v) is 5.47. The number of carbonyl (C=O) groups is 1. The van der Waals surface area contributed by atoms with Crippen molar-refractivity contribution in [2.75, 3.05) is 0 Å². The second kappa shape index (κ2) is 6.09. The van der Waals surface area contributed by atoms with Gasteiger partial charge in [-0.3, -0.25) is 4.79 Å². The number of allylic oxidation sites excluding steroid dienone is 1. The number of hydrogen-bond acceptors (Lipinski definition) is 2. The van der Waals surface area contributed by atoms with Gasteiger partial charge in [-0.25, -0.2) is 0 Å². The van der Waals surface area contributed by atoms with Gasteiger partial charge in [0.1, 0.15) is 5.76 Å². The Labute approximate surface area is 162 Å². The molecule has 3 heteroatoms. The number of benzene rings is 2. The van der Waals surface area contributed by atoms with Crippen LogP contribution < -0.4 is 0 Å². The standard InChI is InChI=1S/C23H21BrO2/c24-17-10-8-15(9-11-17)20-19-14-16-6-2-3-7-18(16)21(19)26-22(25)23(20)12-4-1-5-13-23/h2-3,6-11,20H,1,4-5,12-14H2. The van der Waals surface area contributed by atoms with Crippen LogP contribution in [-0.4, -0.2) is 5.97 Å². The van der Waals surface area contributed by atoms with E-state index in [-0.39, 0.29) is 11.9 Å². The van der Waals surface area contributed by atoms with E-state index in [0.717, 1.165) is 47.9 Å². The average Bonchev–Trinajstić information content (AvgIpc) is 3.02. The molecule has 1 heterocycles. The summed E-state index contributed by atoms with van der Waals surface area (Å²) in [5.74, 6) is 0.940. The van der Waals surface area contributed by atoms with Gasteiger partial charge in [0.15, 0.2) is 0 Å². The number of carbonyl (C=O) groups excluding carboxylic acids is 1. The van der Waals surface area contributed by atoms with Crippen molar-refractivity contribution >= 4 is 27.7 Å². The van der Waals surface area contributed by atoms with Crippen molar-refractivity contribution in [1.82, 2.24) is 0 Å². The molecule has 2 aromatic carbocycles. The number of halogens is 1. The Morgan fingerprint density at radius 2 is 1.69 bits per heavy atom. The van der Waals surface area contributed by atoms with Crippen molar-refractivity contribution in [1.29, 1.82) is 0 Å². The Balaban J connectivity index is 1.70. The van der Waals surface area contributed by atoms with E-state index in [0.29, 0.717) is 0 Å². The lowest BCUT2D eigenvalue weighted by Gasteiger charge is -2.45. The van der Waals surface area contributed by atoms with Crippen molar-refractivity contribution in [2.45, 2.75) is 44.4 Å². The van der Waals surface area contributed by atoms with E-state index in [1.807, 2.05) is 6.07 Å². The van der Waals surface area contributed by atoms with Gasteiger partial charge in [-0.1, -0.05) is 71.6 Å². The molecule has 2 nitrogen and oxygen atoms in total. The van der Waals surface area contributed by atoms with Crippen molar-refractivity contribution < 1.29 is 9.53 Å². The zero-order chi connectivity index (χ0) is 17.7. The summed E-state index contributed by atoms with van der Waals surface area (Å²) in [6, 6.07) is 16.9. The van der Waals surface area contributed by atoms with Gasteiger partial charge in [-0.2, -0.15) is 0 Å². The fraction of sp³-hybridized carbons (Fsp3) is 0.348. The van der Waals surface area contributed by atoms with E-state index in [1.54, 1.807) is 0 Å². The summed E-state index contributed by atoms with van der Waals surface area (Å²) in [5.41, 5.74) is 4.53. The first-order chi connectivity index (χ1) is 12.7. The van der Waals surface area contributed by atoms with Crippen molar-refractivity contribution in [3.05, 3.63) is 75.3 Å². The molecule has 132 valence electrons. The van der Waals surface area contributed by atoms with Crippen molar-refractivity contribution in [3.8, 4) is 0 Å². The molecule has 0 amide bonds. The number of ether oxygens (including phenoxy) is 1. The molecule has 3 aliphatic rings. The first-order valence-corrected chi connectivity index (χ1v) is 10.3. The predicted molar refractivity (Wildman–Crippen MR) is 106 cm³/mol. The van der Waals surface area contributed by atoms with Crippen LogP contribution in [-0.2, 0) is 16.0 Å².